The lowest BCUT2D eigenvalue weighted by molar-refractivity contribution is 0.800. The number of fused-ring (bicyclic) bond motifs is 2. The number of benzene rings is 4. The second-order valence-corrected chi connectivity index (χ2v) is 20.3. The van der Waals surface area contributed by atoms with Crippen LogP contribution in [-0.4, -0.2) is 0 Å². The summed E-state index contributed by atoms with van der Waals surface area (Å²) in [6.07, 6.45) is 0. The van der Waals surface area contributed by atoms with Crippen molar-refractivity contribution in [2.24, 2.45) is 0 Å². The second-order valence-electron chi connectivity index (χ2n) is 10.7. The Bertz CT molecular complexity index is 1810. The molecule has 4 aliphatic rings. The maximum atomic E-state index is 2.47. The van der Waals surface area contributed by atoms with Crippen molar-refractivity contribution in [1.82, 2.24) is 0 Å². The van der Waals surface area contributed by atoms with Crippen molar-refractivity contribution in [2.75, 3.05) is 4.90 Å². The third-order valence-corrected chi connectivity index (χ3v) is 18.7. The zero-order valence-electron chi connectivity index (χ0n) is 24.4. The number of allylic oxidation sites excluding steroid dienone is 2. The van der Waals surface area contributed by atoms with Crippen LogP contribution >= 0.6 is 94.1 Å². The van der Waals surface area contributed by atoms with E-state index in [1.165, 1.54) is 73.6 Å². The molecule has 0 amide bonds. The summed E-state index contributed by atoms with van der Waals surface area (Å²) in [5.41, 5.74) is 5.17. The fraction of sp³-hybridized carbons (Fsp3) is 0.111. The molecule has 0 spiro atoms. The summed E-state index contributed by atoms with van der Waals surface area (Å²) in [4.78, 5) is 12.3. The van der Waals surface area contributed by atoms with Crippen LogP contribution in [0.15, 0.2) is 149 Å². The first kappa shape index (κ1) is 30.8. The van der Waals surface area contributed by atoms with Crippen LogP contribution in [-0.2, 0) is 13.1 Å². The molecule has 0 atom stereocenters. The Labute approximate surface area is 299 Å². The monoisotopic (exact) mass is 729 g/mol. The maximum Gasteiger partial charge on any atom is 0.0706 e. The molecule has 224 valence electrons. The predicted octanol–water partition coefficient (Wildman–Crippen LogP) is 13.8. The van der Waals surface area contributed by atoms with E-state index in [9.17, 15) is 0 Å². The summed E-state index contributed by atoms with van der Waals surface area (Å²) >= 11 is 15.4. The van der Waals surface area contributed by atoms with Crippen molar-refractivity contribution in [3.63, 3.8) is 0 Å². The highest BCUT2D eigenvalue weighted by molar-refractivity contribution is 8.34. The summed E-state index contributed by atoms with van der Waals surface area (Å²) in [7, 11) is 0. The lowest BCUT2D eigenvalue weighted by Crippen LogP contribution is -2.22. The fourth-order valence-electron chi connectivity index (χ4n) is 5.13. The summed E-state index contributed by atoms with van der Waals surface area (Å²) in [6.45, 7) is 6.22. The molecule has 4 aliphatic heterocycles. The molecular weight excluding hydrogens is 703 g/mol. The molecule has 0 aromatic heterocycles. The minimum absolute atomic E-state index is 0.876. The molecular formula is C36H27NS8. The summed E-state index contributed by atoms with van der Waals surface area (Å²) in [5.74, 6) is 0. The number of rotatable bonds is 6. The van der Waals surface area contributed by atoms with E-state index in [0.29, 0.717) is 0 Å². The van der Waals surface area contributed by atoms with Crippen molar-refractivity contribution in [3.05, 3.63) is 146 Å². The van der Waals surface area contributed by atoms with Gasteiger partial charge in [0.2, 0.25) is 0 Å². The van der Waals surface area contributed by atoms with Gasteiger partial charge >= 0.3 is 0 Å². The van der Waals surface area contributed by atoms with Gasteiger partial charge in [-0.05, 0) is 70.0 Å². The van der Waals surface area contributed by atoms with Crippen LogP contribution in [0.3, 0.4) is 0 Å². The molecule has 0 N–H and O–H groups in total. The Morgan fingerprint density at radius 2 is 0.956 bits per heavy atom. The third-order valence-electron chi connectivity index (χ3n) is 7.57. The molecule has 0 fully saturated rings. The topological polar surface area (TPSA) is 3.24 Å². The first-order valence-electron chi connectivity index (χ1n) is 14.4. The predicted molar refractivity (Wildman–Crippen MR) is 210 cm³/mol. The van der Waals surface area contributed by atoms with Gasteiger partial charge in [-0.3, -0.25) is 0 Å². The maximum absolute atomic E-state index is 2.47. The van der Waals surface area contributed by atoms with E-state index in [1.807, 2.05) is 94.1 Å². The number of nitrogens with zero attached hydrogens (tertiary/aromatic N) is 1. The van der Waals surface area contributed by atoms with Gasteiger partial charge in [0.05, 0.1) is 16.9 Å². The second kappa shape index (κ2) is 13.5. The molecule has 0 aliphatic carbocycles. The Balaban J connectivity index is 0.953. The number of thioether (sulfide) groups is 8. The van der Waals surface area contributed by atoms with Crippen LogP contribution in [0.4, 0.5) is 5.69 Å². The zero-order valence-corrected chi connectivity index (χ0v) is 31.0. The molecule has 1 nitrogen and oxygen atoms in total. The SMILES string of the molecule is CC1=C(C)SC(=C2Sc3cc4c(cc3S2)SC(=C2SC=C(c3ccc(N(Cc5ccccc5)Cc5ccccc5)cc3)S2)S4)S1. The van der Waals surface area contributed by atoms with Gasteiger partial charge < -0.3 is 4.90 Å². The molecule has 8 rings (SSSR count). The van der Waals surface area contributed by atoms with Crippen LogP contribution in [0.25, 0.3) is 4.91 Å². The minimum Gasteiger partial charge on any atom is -0.363 e. The normalized spacial score (nSPS) is 17.3. The molecule has 4 aromatic carbocycles. The number of hydrogen-bond donors (Lipinski definition) is 0. The van der Waals surface area contributed by atoms with E-state index in [-0.39, 0.29) is 0 Å². The van der Waals surface area contributed by atoms with Gasteiger partial charge in [0, 0.05) is 43.3 Å². The summed E-state index contributed by atoms with van der Waals surface area (Å²) in [6, 6.07) is 35.5. The molecule has 0 bridgehead atoms. The zero-order chi connectivity index (χ0) is 30.3. The lowest BCUT2D eigenvalue weighted by Gasteiger charge is -2.25. The largest absolute Gasteiger partial charge is 0.363 e. The quantitative estimate of drug-likeness (QED) is 0.189. The van der Waals surface area contributed by atoms with Gasteiger partial charge in [-0.2, -0.15) is 0 Å². The summed E-state index contributed by atoms with van der Waals surface area (Å²) in [5, 5.41) is 2.33. The molecule has 0 radical (unpaired) electrons. The highest BCUT2D eigenvalue weighted by Crippen LogP contribution is 2.65. The van der Waals surface area contributed by atoms with Crippen molar-refractivity contribution in [2.45, 2.75) is 46.5 Å². The van der Waals surface area contributed by atoms with E-state index in [0.717, 1.165) is 13.1 Å². The number of hydrogen-bond acceptors (Lipinski definition) is 9. The van der Waals surface area contributed by atoms with Crippen LogP contribution < -0.4 is 4.90 Å². The van der Waals surface area contributed by atoms with E-state index >= 15 is 0 Å². The highest BCUT2D eigenvalue weighted by atomic mass is 32.2. The molecule has 4 heterocycles. The Morgan fingerprint density at radius 3 is 1.47 bits per heavy atom. The van der Waals surface area contributed by atoms with Crippen LogP contribution in [0, 0.1) is 0 Å². The number of anilines is 1. The minimum atomic E-state index is 0.876. The van der Waals surface area contributed by atoms with Crippen LogP contribution in [0.1, 0.15) is 30.5 Å². The van der Waals surface area contributed by atoms with E-state index in [4.69, 9.17) is 0 Å². The highest BCUT2D eigenvalue weighted by Gasteiger charge is 2.31. The van der Waals surface area contributed by atoms with Crippen molar-refractivity contribution < 1.29 is 0 Å². The molecule has 9 heteroatoms. The Kier molecular flexibility index (Phi) is 9.23. The van der Waals surface area contributed by atoms with Crippen LogP contribution in [0.2, 0.25) is 0 Å². The van der Waals surface area contributed by atoms with E-state index in [1.54, 1.807) is 0 Å². The molecule has 45 heavy (non-hydrogen) atoms. The third kappa shape index (κ3) is 6.74. The van der Waals surface area contributed by atoms with Gasteiger partial charge in [0.1, 0.15) is 0 Å². The standard InChI is InChI=1S/C36H27NS8/c1-22-23(2)40-35(39-22)36-43-30-17-28-29(18-31(30)44-36)42-34(41-28)33-38-21-32(45-33)26-13-15-27(16-14-26)37(19-24-9-5-3-6-10-24)20-25-11-7-4-8-12-25/h3-18,21H,19-20H2,1-2H3. The van der Waals surface area contributed by atoms with Crippen molar-refractivity contribution >= 4 is 105 Å². The molecule has 0 saturated carbocycles. The fourth-order valence-corrected chi connectivity index (χ4v) is 15.8. The van der Waals surface area contributed by atoms with Gasteiger partial charge in [-0.15, -0.1) is 0 Å². The first-order chi connectivity index (χ1) is 22.1. The lowest BCUT2D eigenvalue weighted by atomic mass is 10.1. The average molecular weight is 730 g/mol. The van der Waals surface area contributed by atoms with Gasteiger partial charge in [-0.1, -0.05) is 167 Å². The molecule has 0 saturated heterocycles. The Morgan fingerprint density at radius 1 is 0.489 bits per heavy atom. The van der Waals surface area contributed by atoms with Gasteiger partial charge in [0.25, 0.3) is 0 Å². The smallest absolute Gasteiger partial charge is 0.0706 e. The van der Waals surface area contributed by atoms with E-state index in [2.05, 4.69) is 121 Å². The van der Waals surface area contributed by atoms with Gasteiger partial charge in [0.15, 0.2) is 0 Å². The van der Waals surface area contributed by atoms with Crippen molar-refractivity contribution in [3.8, 4) is 0 Å². The molecule has 0 unspecified atom stereocenters. The van der Waals surface area contributed by atoms with Gasteiger partial charge in [-0.25, -0.2) is 0 Å². The Hall–Kier alpha value is -1.56. The van der Waals surface area contributed by atoms with Crippen LogP contribution in [0.5, 0.6) is 0 Å². The molecule has 4 aromatic rings. The average Bonchev–Trinajstić information content (AvgIpc) is 3.87. The van der Waals surface area contributed by atoms with Crippen molar-refractivity contribution in [1.29, 1.82) is 0 Å². The first-order valence-corrected chi connectivity index (χ1v) is 21.0. The summed E-state index contributed by atoms with van der Waals surface area (Å²) < 4.78 is 5.70. The van der Waals surface area contributed by atoms with E-state index < -0.39 is 0 Å².